The van der Waals surface area contributed by atoms with Crippen molar-refractivity contribution in [2.45, 2.75) is 30.9 Å². The predicted octanol–water partition coefficient (Wildman–Crippen LogP) is 5.00. The van der Waals surface area contributed by atoms with E-state index in [1.807, 2.05) is 31.2 Å². The summed E-state index contributed by atoms with van der Waals surface area (Å²) in [5.74, 6) is 2.01. The van der Waals surface area contributed by atoms with Crippen LogP contribution in [0.15, 0.2) is 66.0 Å². The van der Waals surface area contributed by atoms with Crippen molar-refractivity contribution in [3.8, 4) is 34.5 Å². The van der Waals surface area contributed by atoms with Gasteiger partial charge < -0.3 is 29.4 Å². The number of hydrogen-bond donors (Lipinski definition) is 3. The number of aryl methyl sites for hydroxylation is 1. The lowest BCUT2D eigenvalue weighted by Gasteiger charge is -2.19. The van der Waals surface area contributed by atoms with Crippen LogP contribution in [-0.2, 0) is 4.74 Å². The molecule has 1 unspecified atom stereocenters. The van der Waals surface area contributed by atoms with E-state index in [1.165, 1.54) is 11.9 Å². The van der Waals surface area contributed by atoms with Crippen molar-refractivity contribution in [3.63, 3.8) is 0 Å². The summed E-state index contributed by atoms with van der Waals surface area (Å²) in [6.45, 7) is 2.97. The van der Waals surface area contributed by atoms with Crippen LogP contribution in [0.1, 0.15) is 24.1 Å². The summed E-state index contributed by atoms with van der Waals surface area (Å²) in [6, 6.07) is 14.6. The second kappa shape index (κ2) is 12.6. The van der Waals surface area contributed by atoms with Crippen LogP contribution < -0.4 is 24.7 Å². The van der Waals surface area contributed by atoms with Crippen molar-refractivity contribution in [1.82, 2.24) is 19.9 Å². The molecule has 4 heterocycles. The number of pyridine rings is 2. The van der Waals surface area contributed by atoms with Gasteiger partial charge in [0, 0.05) is 36.5 Å². The number of nitrogen functional groups attached to an aromatic ring is 1. The molecule has 0 radical (unpaired) electrons. The van der Waals surface area contributed by atoms with Crippen LogP contribution in [-0.4, -0.2) is 52.2 Å². The summed E-state index contributed by atoms with van der Waals surface area (Å²) >= 11 is 1.27. The van der Waals surface area contributed by atoms with Gasteiger partial charge in [0.2, 0.25) is 5.75 Å². The van der Waals surface area contributed by atoms with Gasteiger partial charge >= 0.3 is 0 Å². The first-order valence-electron chi connectivity index (χ1n) is 12.6. The Hall–Kier alpha value is -4.42. The molecule has 5 rings (SSSR count). The molecule has 12 heteroatoms. The molecular formula is C28H29N7O4S. The number of amidine groups is 1. The monoisotopic (exact) mass is 559 g/mol. The first-order chi connectivity index (χ1) is 19.5. The summed E-state index contributed by atoms with van der Waals surface area (Å²) in [5.41, 5.74) is 7.65. The molecule has 40 heavy (non-hydrogen) atoms. The minimum atomic E-state index is -0.160. The quantitative estimate of drug-likeness (QED) is 0.129. The van der Waals surface area contributed by atoms with Crippen molar-refractivity contribution >= 4 is 23.6 Å². The number of nitrogens with zero attached hydrogens (tertiary/aromatic N) is 4. The van der Waals surface area contributed by atoms with Crippen molar-refractivity contribution in [2.75, 3.05) is 25.0 Å². The van der Waals surface area contributed by atoms with Crippen molar-refractivity contribution < 1.29 is 18.9 Å². The lowest BCUT2D eigenvalue weighted by molar-refractivity contribution is 0.0654. The number of methoxy groups -OCH3 is 1. The van der Waals surface area contributed by atoms with Gasteiger partial charge in [0.15, 0.2) is 23.1 Å². The van der Waals surface area contributed by atoms with Gasteiger partial charge in [-0.1, -0.05) is 18.2 Å². The topological polar surface area (TPSA) is 150 Å². The second-order valence-corrected chi connectivity index (χ2v) is 9.78. The normalized spacial score (nSPS) is 14.5. The SMILES string of the molecule is COc1ccccc1Oc1c(NSc2ccc(C)cn2)nc(-c2ccnc(C(=N)N)c2)nc1OCC1CCCO1. The summed E-state index contributed by atoms with van der Waals surface area (Å²) in [6.07, 6.45) is 5.17. The first kappa shape index (κ1) is 27.2. The molecule has 0 saturated carbocycles. The molecule has 0 amide bonds. The average molecular weight is 560 g/mol. The highest BCUT2D eigenvalue weighted by atomic mass is 32.2. The van der Waals surface area contributed by atoms with Gasteiger partial charge in [-0.2, -0.15) is 4.98 Å². The van der Waals surface area contributed by atoms with Gasteiger partial charge in [-0.15, -0.1) is 0 Å². The van der Waals surface area contributed by atoms with Gasteiger partial charge in [0.1, 0.15) is 23.2 Å². The maximum atomic E-state index is 7.80. The fourth-order valence-corrected chi connectivity index (χ4v) is 4.49. The van der Waals surface area contributed by atoms with Crippen LogP contribution in [0.3, 0.4) is 0 Å². The fraction of sp³-hybridized carbons (Fsp3) is 0.250. The molecule has 1 aromatic carbocycles. The number of nitrogens with two attached hydrogens (primary N) is 1. The van der Waals surface area contributed by atoms with E-state index in [0.717, 1.165) is 23.4 Å². The lowest BCUT2D eigenvalue weighted by atomic mass is 10.2. The number of para-hydroxylation sites is 2. The number of ether oxygens (including phenoxy) is 4. The Kier molecular flexibility index (Phi) is 8.57. The van der Waals surface area contributed by atoms with Crippen LogP contribution in [0.2, 0.25) is 0 Å². The molecule has 0 aliphatic carbocycles. The molecule has 1 fully saturated rings. The average Bonchev–Trinajstić information content (AvgIpc) is 3.50. The third kappa shape index (κ3) is 6.58. The van der Waals surface area contributed by atoms with E-state index in [4.69, 9.17) is 40.1 Å². The Morgan fingerprint density at radius 2 is 2.00 bits per heavy atom. The van der Waals surface area contributed by atoms with E-state index in [1.54, 1.807) is 43.8 Å². The zero-order valence-electron chi connectivity index (χ0n) is 22.1. The molecular weight excluding hydrogens is 530 g/mol. The fourth-order valence-electron chi connectivity index (χ4n) is 3.91. The molecule has 206 valence electrons. The zero-order valence-corrected chi connectivity index (χ0v) is 22.9. The molecule has 4 N–H and O–H groups in total. The minimum absolute atomic E-state index is 0.0506. The number of nitrogens with one attached hydrogen (secondary N) is 2. The van der Waals surface area contributed by atoms with Gasteiger partial charge in [-0.05, 0) is 55.7 Å². The van der Waals surface area contributed by atoms with E-state index in [2.05, 4.69) is 14.7 Å². The van der Waals surface area contributed by atoms with Crippen LogP contribution >= 0.6 is 11.9 Å². The molecule has 4 aromatic rings. The summed E-state index contributed by atoms with van der Waals surface area (Å²) < 4.78 is 27.1. The van der Waals surface area contributed by atoms with Crippen molar-refractivity contribution in [3.05, 3.63) is 72.2 Å². The van der Waals surface area contributed by atoms with Crippen molar-refractivity contribution in [1.29, 1.82) is 5.41 Å². The smallest absolute Gasteiger partial charge is 0.263 e. The first-order valence-corrected chi connectivity index (χ1v) is 13.5. The highest BCUT2D eigenvalue weighted by Crippen LogP contribution is 2.42. The van der Waals surface area contributed by atoms with E-state index >= 15 is 0 Å². The van der Waals surface area contributed by atoms with Crippen molar-refractivity contribution in [2.24, 2.45) is 5.73 Å². The van der Waals surface area contributed by atoms with E-state index in [9.17, 15) is 0 Å². The van der Waals surface area contributed by atoms with Gasteiger partial charge in [0.05, 0.1) is 13.2 Å². The minimum Gasteiger partial charge on any atom is -0.493 e. The Morgan fingerprint density at radius 3 is 2.73 bits per heavy atom. The Bertz CT molecular complexity index is 1480. The second-order valence-electron chi connectivity index (χ2n) is 8.95. The zero-order chi connectivity index (χ0) is 27.9. The van der Waals surface area contributed by atoms with Crippen LogP contribution in [0.25, 0.3) is 11.4 Å². The highest BCUT2D eigenvalue weighted by molar-refractivity contribution is 8.00. The number of aromatic nitrogens is 4. The molecule has 0 bridgehead atoms. The van der Waals surface area contributed by atoms with E-state index in [0.29, 0.717) is 47.6 Å². The molecule has 3 aromatic heterocycles. The third-order valence-electron chi connectivity index (χ3n) is 5.98. The standard InChI is InChI=1S/C28H29N7O4S/c1-17-9-10-23(32-15-17)40-35-27-24(39-22-8-4-3-7-21(22)36-2)28(38-16-19-6-5-13-37-19)34-26(33-27)18-11-12-31-20(14-18)25(29)30/h3-4,7-12,14-15,19H,5-6,13,16H2,1-2H3,(H3,29,30)(H,33,34,35). The molecule has 1 atom stereocenters. The van der Waals surface area contributed by atoms with Gasteiger partial charge in [-0.3, -0.25) is 10.4 Å². The molecule has 1 saturated heterocycles. The number of hydrogen-bond acceptors (Lipinski definition) is 11. The molecule has 0 spiro atoms. The third-order valence-corrected chi connectivity index (χ3v) is 6.72. The molecule has 11 nitrogen and oxygen atoms in total. The Morgan fingerprint density at radius 1 is 1.15 bits per heavy atom. The highest BCUT2D eigenvalue weighted by Gasteiger charge is 2.24. The summed E-state index contributed by atoms with van der Waals surface area (Å²) in [4.78, 5) is 18.1. The van der Waals surface area contributed by atoms with Gasteiger partial charge in [-0.25, -0.2) is 9.97 Å². The van der Waals surface area contributed by atoms with E-state index < -0.39 is 0 Å². The Balaban J connectivity index is 1.59. The van der Waals surface area contributed by atoms with Crippen LogP contribution in [0.4, 0.5) is 5.82 Å². The number of anilines is 1. The van der Waals surface area contributed by atoms with Gasteiger partial charge in [0.25, 0.3) is 5.88 Å². The Labute approximate surface area is 236 Å². The molecule has 1 aliphatic rings. The van der Waals surface area contributed by atoms with E-state index in [-0.39, 0.29) is 23.6 Å². The lowest BCUT2D eigenvalue weighted by Crippen LogP contribution is -2.17. The summed E-state index contributed by atoms with van der Waals surface area (Å²) in [7, 11) is 1.57. The number of benzene rings is 1. The molecule has 1 aliphatic heterocycles. The maximum absolute atomic E-state index is 7.80. The number of rotatable bonds is 11. The summed E-state index contributed by atoms with van der Waals surface area (Å²) in [5, 5.41) is 8.53. The maximum Gasteiger partial charge on any atom is 0.263 e. The van der Waals surface area contributed by atoms with Crippen LogP contribution in [0.5, 0.6) is 23.1 Å². The predicted molar refractivity (Wildman–Crippen MR) is 152 cm³/mol. The van der Waals surface area contributed by atoms with Crippen LogP contribution in [0, 0.1) is 12.3 Å². The largest absolute Gasteiger partial charge is 0.493 e.